The molecular formula is C30H37N7O2. The van der Waals surface area contributed by atoms with Gasteiger partial charge < -0.3 is 20.0 Å². The molecule has 0 spiro atoms. The Bertz CT molecular complexity index is 1420. The predicted molar refractivity (Wildman–Crippen MR) is 154 cm³/mol. The van der Waals surface area contributed by atoms with Gasteiger partial charge in [-0.1, -0.05) is 31.2 Å². The van der Waals surface area contributed by atoms with E-state index >= 15 is 0 Å². The zero-order chi connectivity index (χ0) is 28.0. The Morgan fingerprint density at radius 3 is 2.33 bits per heavy atom. The third-order valence-electron chi connectivity index (χ3n) is 7.65. The highest BCUT2D eigenvalue weighted by Crippen LogP contribution is 2.41. The largest absolute Gasteiger partial charge is 0.345 e. The van der Waals surface area contributed by atoms with Crippen molar-refractivity contribution in [1.29, 1.82) is 0 Å². The van der Waals surface area contributed by atoms with Crippen LogP contribution >= 0.6 is 0 Å². The summed E-state index contributed by atoms with van der Waals surface area (Å²) in [6.45, 7) is 15.4. The minimum atomic E-state index is -0.187. The topological polar surface area (TPSA) is 86.6 Å². The van der Waals surface area contributed by atoms with E-state index in [2.05, 4.69) is 25.7 Å². The molecule has 5 rings (SSSR count). The quantitative estimate of drug-likeness (QED) is 0.548. The molecule has 2 aliphatic heterocycles. The number of carbonyl (C=O) groups is 2. The normalized spacial score (nSPS) is 21.2. The number of likely N-dealkylation sites (N-methyl/N-ethyl adjacent to an activating group) is 1. The summed E-state index contributed by atoms with van der Waals surface area (Å²) < 4.78 is 1.73. The zero-order valence-corrected chi connectivity index (χ0v) is 23.6. The van der Waals surface area contributed by atoms with Gasteiger partial charge >= 0.3 is 0 Å². The number of aryl methyl sites for hydroxylation is 1. The summed E-state index contributed by atoms with van der Waals surface area (Å²) in [6, 6.07) is 14.1. The van der Waals surface area contributed by atoms with Crippen LogP contribution in [0.4, 0.5) is 11.4 Å². The molecule has 2 aliphatic rings. The van der Waals surface area contributed by atoms with Crippen molar-refractivity contribution < 1.29 is 9.59 Å². The molecule has 9 nitrogen and oxygen atoms in total. The summed E-state index contributed by atoms with van der Waals surface area (Å²) in [4.78, 5) is 37.1. The van der Waals surface area contributed by atoms with Gasteiger partial charge in [0.05, 0.1) is 23.1 Å². The smallest absolute Gasteiger partial charge is 0.293 e. The Balaban J connectivity index is 1.63. The number of hydrogen-bond acceptors (Lipinski definition) is 6. The number of amides is 2. The lowest BCUT2D eigenvalue weighted by Crippen LogP contribution is -2.56. The molecule has 0 radical (unpaired) electrons. The van der Waals surface area contributed by atoms with Gasteiger partial charge in [-0.3, -0.25) is 9.59 Å². The van der Waals surface area contributed by atoms with Gasteiger partial charge in [0.2, 0.25) is 11.7 Å². The van der Waals surface area contributed by atoms with E-state index in [4.69, 9.17) is 10.1 Å². The highest BCUT2D eigenvalue weighted by Gasteiger charge is 2.34. The SMILES string of the molecule is C=C1[C@@H](C)N(C(=O)CC)c2cc(-c3nc(C(=O)N4C[C@@H](C)N[C@@H](C)C4)nn3-c3ccc(C)cc3)ccc2N1C. The molecule has 2 amide bonds. The second-order valence-corrected chi connectivity index (χ2v) is 10.7. The Labute approximate surface area is 230 Å². The molecule has 0 saturated carbocycles. The fourth-order valence-corrected chi connectivity index (χ4v) is 5.54. The Morgan fingerprint density at radius 2 is 1.69 bits per heavy atom. The van der Waals surface area contributed by atoms with Gasteiger partial charge in [-0.15, -0.1) is 5.10 Å². The minimum absolute atomic E-state index is 0.0213. The van der Waals surface area contributed by atoms with Gasteiger partial charge in [0.15, 0.2) is 5.82 Å². The summed E-state index contributed by atoms with van der Waals surface area (Å²) in [5.74, 6) is 0.537. The summed E-state index contributed by atoms with van der Waals surface area (Å²) >= 11 is 0. The molecule has 0 aliphatic carbocycles. The maximum atomic E-state index is 13.6. The van der Waals surface area contributed by atoms with Crippen molar-refractivity contribution in [2.24, 2.45) is 0 Å². The standard InChI is InChI=1S/C30H37N7O2/c1-8-27(38)36-22(6)21(5)34(7)25-14-11-23(15-26(25)36)29-32-28(30(39)35-16-19(3)31-20(4)17-35)33-37(29)24-12-9-18(2)10-13-24/h9-15,19-20,22,31H,5,8,16-17H2,1-4,6-7H3/t19-,20+,22-/m1/s1. The van der Waals surface area contributed by atoms with Crippen LogP contribution in [-0.4, -0.2) is 69.7 Å². The molecule has 3 atom stereocenters. The average molecular weight is 528 g/mol. The first kappa shape index (κ1) is 26.6. The van der Waals surface area contributed by atoms with Crippen molar-refractivity contribution in [3.63, 3.8) is 0 Å². The van der Waals surface area contributed by atoms with Crippen LogP contribution in [0.15, 0.2) is 54.7 Å². The van der Waals surface area contributed by atoms with Crippen LogP contribution in [0.5, 0.6) is 0 Å². The van der Waals surface area contributed by atoms with Crippen molar-refractivity contribution in [1.82, 2.24) is 25.0 Å². The minimum Gasteiger partial charge on any atom is -0.345 e. The Morgan fingerprint density at radius 1 is 1.03 bits per heavy atom. The number of benzene rings is 2. The molecule has 1 saturated heterocycles. The fourth-order valence-electron chi connectivity index (χ4n) is 5.54. The highest BCUT2D eigenvalue weighted by molar-refractivity contribution is 6.00. The van der Waals surface area contributed by atoms with Gasteiger partial charge in [-0.25, -0.2) is 9.67 Å². The van der Waals surface area contributed by atoms with Crippen molar-refractivity contribution in [2.45, 2.75) is 59.2 Å². The number of aromatic nitrogens is 3. The molecule has 3 heterocycles. The van der Waals surface area contributed by atoms with Crippen LogP contribution in [0.3, 0.4) is 0 Å². The van der Waals surface area contributed by atoms with Gasteiger partial charge in [0.1, 0.15) is 0 Å². The Kier molecular flexibility index (Phi) is 7.03. The van der Waals surface area contributed by atoms with Gasteiger partial charge in [0, 0.05) is 49.9 Å². The molecule has 39 heavy (non-hydrogen) atoms. The molecule has 1 N–H and O–H groups in total. The fraction of sp³-hybridized carbons (Fsp3) is 0.400. The summed E-state index contributed by atoms with van der Waals surface area (Å²) in [5, 5.41) is 8.19. The molecule has 0 bridgehead atoms. The van der Waals surface area contributed by atoms with Crippen LogP contribution in [-0.2, 0) is 4.79 Å². The van der Waals surface area contributed by atoms with Crippen molar-refractivity contribution >= 4 is 23.2 Å². The second-order valence-electron chi connectivity index (χ2n) is 10.7. The van der Waals surface area contributed by atoms with E-state index < -0.39 is 0 Å². The Hall–Kier alpha value is -3.98. The number of fused-ring (bicyclic) bond motifs is 1. The monoisotopic (exact) mass is 527 g/mol. The van der Waals surface area contributed by atoms with Crippen molar-refractivity contribution in [2.75, 3.05) is 29.9 Å². The number of carbonyl (C=O) groups excluding carboxylic acids is 2. The highest BCUT2D eigenvalue weighted by atomic mass is 16.2. The maximum absolute atomic E-state index is 13.6. The van der Waals surface area contributed by atoms with Crippen LogP contribution in [0, 0.1) is 6.92 Å². The lowest BCUT2D eigenvalue weighted by molar-refractivity contribution is -0.118. The van der Waals surface area contributed by atoms with Crippen LogP contribution in [0.2, 0.25) is 0 Å². The van der Waals surface area contributed by atoms with Crippen LogP contribution < -0.4 is 15.1 Å². The van der Waals surface area contributed by atoms with E-state index in [1.165, 1.54) is 0 Å². The van der Waals surface area contributed by atoms with Crippen molar-refractivity contribution in [3.05, 3.63) is 66.1 Å². The molecule has 1 aromatic heterocycles. The first-order valence-electron chi connectivity index (χ1n) is 13.6. The maximum Gasteiger partial charge on any atom is 0.293 e. The average Bonchev–Trinajstić information content (AvgIpc) is 3.36. The first-order valence-corrected chi connectivity index (χ1v) is 13.6. The second kappa shape index (κ2) is 10.3. The molecule has 9 heteroatoms. The van der Waals surface area contributed by atoms with E-state index in [-0.39, 0.29) is 35.8 Å². The predicted octanol–water partition coefficient (Wildman–Crippen LogP) is 4.16. The van der Waals surface area contributed by atoms with Crippen LogP contribution in [0.1, 0.15) is 50.3 Å². The summed E-state index contributed by atoms with van der Waals surface area (Å²) in [7, 11) is 1.96. The van der Waals surface area contributed by atoms with E-state index in [1.54, 1.807) is 4.68 Å². The molecular weight excluding hydrogens is 490 g/mol. The number of anilines is 2. The first-order chi connectivity index (χ1) is 18.6. The number of hydrogen-bond donors (Lipinski definition) is 1. The third-order valence-corrected chi connectivity index (χ3v) is 7.65. The molecule has 1 fully saturated rings. The number of nitrogens with zero attached hydrogens (tertiary/aromatic N) is 6. The third kappa shape index (κ3) is 4.83. The van der Waals surface area contributed by atoms with Gasteiger partial charge in [-0.05, 0) is 58.0 Å². The van der Waals surface area contributed by atoms with Gasteiger partial charge in [-0.2, -0.15) is 0 Å². The molecule has 2 aromatic carbocycles. The lowest BCUT2D eigenvalue weighted by atomic mass is 10.0. The summed E-state index contributed by atoms with van der Waals surface area (Å²) in [5.41, 5.74) is 5.24. The molecule has 0 unspecified atom stereocenters. The number of rotatable bonds is 4. The lowest BCUT2D eigenvalue weighted by Gasteiger charge is -2.42. The molecule has 3 aromatic rings. The zero-order valence-electron chi connectivity index (χ0n) is 23.6. The number of piperazine rings is 1. The van der Waals surface area contributed by atoms with E-state index in [0.29, 0.717) is 25.3 Å². The van der Waals surface area contributed by atoms with Crippen LogP contribution in [0.25, 0.3) is 17.1 Å². The van der Waals surface area contributed by atoms with E-state index in [0.717, 1.165) is 33.9 Å². The molecule has 204 valence electrons. The van der Waals surface area contributed by atoms with Crippen molar-refractivity contribution in [3.8, 4) is 17.1 Å². The van der Waals surface area contributed by atoms with Gasteiger partial charge in [0.25, 0.3) is 5.91 Å². The van der Waals surface area contributed by atoms with E-state index in [1.807, 2.05) is 85.0 Å². The van der Waals surface area contributed by atoms with E-state index in [9.17, 15) is 9.59 Å². The summed E-state index contributed by atoms with van der Waals surface area (Å²) in [6.07, 6.45) is 0.380. The number of nitrogens with one attached hydrogen (secondary N) is 1.